The summed E-state index contributed by atoms with van der Waals surface area (Å²) in [5, 5.41) is 3.96. The molecule has 0 unspecified atom stereocenters. The number of halogens is 1. The van der Waals surface area contributed by atoms with Crippen molar-refractivity contribution in [2.45, 2.75) is 17.6 Å². The molecule has 0 spiro atoms. The number of anilines is 1. The SMILES string of the molecule is COc1ccc(CN2[C@H](c3ccc(Cl)cc3)Nc3ccccc3S2(=O)=O)cc1. The molecule has 4 rings (SSSR count). The van der Waals surface area contributed by atoms with Gasteiger partial charge in [0.1, 0.15) is 16.8 Å². The Bertz CT molecular complexity index is 1080. The van der Waals surface area contributed by atoms with Crippen LogP contribution in [0.5, 0.6) is 5.75 Å². The Balaban J connectivity index is 1.78. The summed E-state index contributed by atoms with van der Waals surface area (Å²) in [5.41, 5.74) is 2.27. The summed E-state index contributed by atoms with van der Waals surface area (Å²) >= 11 is 6.02. The lowest BCUT2D eigenvalue weighted by atomic mass is 10.1. The number of nitrogens with one attached hydrogen (secondary N) is 1. The van der Waals surface area contributed by atoms with Crippen LogP contribution in [0.4, 0.5) is 5.69 Å². The van der Waals surface area contributed by atoms with Crippen LogP contribution in [0.2, 0.25) is 5.02 Å². The van der Waals surface area contributed by atoms with Crippen molar-refractivity contribution in [3.8, 4) is 5.75 Å². The quantitative estimate of drug-likeness (QED) is 0.674. The first-order chi connectivity index (χ1) is 13.5. The van der Waals surface area contributed by atoms with Gasteiger partial charge in [-0.2, -0.15) is 4.31 Å². The van der Waals surface area contributed by atoms with Gasteiger partial charge in [0.15, 0.2) is 0 Å². The smallest absolute Gasteiger partial charge is 0.247 e. The first-order valence-electron chi connectivity index (χ1n) is 8.75. The van der Waals surface area contributed by atoms with Gasteiger partial charge in [-0.05, 0) is 47.5 Å². The molecule has 0 saturated heterocycles. The van der Waals surface area contributed by atoms with Crippen LogP contribution in [0, 0.1) is 0 Å². The molecule has 1 aliphatic rings. The minimum absolute atomic E-state index is 0.223. The van der Waals surface area contributed by atoms with E-state index in [9.17, 15) is 8.42 Å². The van der Waals surface area contributed by atoms with Gasteiger partial charge in [0.05, 0.1) is 12.8 Å². The van der Waals surface area contributed by atoms with Gasteiger partial charge < -0.3 is 10.1 Å². The zero-order valence-electron chi connectivity index (χ0n) is 15.2. The fourth-order valence-corrected chi connectivity index (χ4v) is 5.08. The third kappa shape index (κ3) is 3.46. The van der Waals surface area contributed by atoms with Crippen LogP contribution < -0.4 is 10.1 Å². The zero-order valence-corrected chi connectivity index (χ0v) is 16.7. The standard InChI is InChI=1S/C21H19ClN2O3S/c1-27-18-12-6-15(7-13-18)14-24-21(16-8-10-17(22)11-9-16)23-19-4-2-3-5-20(19)28(24,25)26/h2-13,21,23H,14H2,1H3/t21-/m1/s1. The molecule has 1 atom stereocenters. The maximum absolute atomic E-state index is 13.4. The molecule has 0 amide bonds. The topological polar surface area (TPSA) is 58.6 Å². The molecule has 28 heavy (non-hydrogen) atoms. The summed E-state index contributed by atoms with van der Waals surface area (Å²) < 4.78 is 33.5. The lowest BCUT2D eigenvalue weighted by Gasteiger charge is -2.37. The number of methoxy groups -OCH3 is 1. The van der Waals surface area contributed by atoms with E-state index in [1.807, 2.05) is 42.5 Å². The van der Waals surface area contributed by atoms with E-state index in [1.54, 1.807) is 37.4 Å². The average Bonchev–Trinajstić information content (AvgIpc) is 2.71. The van der Waals surface area contributed by atoms with Crippen molar-refractivity contribution >= 4 is 27.3 Å². The summed E-state index contributed by atoms with van der Waals surface area (Å²) in [6.45, 7) is 0.223. The molecular formula is C21H19ClN2O3S. The minimum atomic E-state index is -3.70. The van der Waals surface area contributed by atoms with Crippen molar-refractivity contribution in [1.82, 2.24) is 4.31 Å². The Hall–Kier alpha value is -2.54. The van der Waals surface area contributed by atoms with Gasteiger partial charge in [-0.25, -0.2) is 8.42 Å². The minimum Gasteiger partial charge on any atom is -0.497 e. The van der Waals surface area contributed by atoms with Crippen molar-refractivity contribution in [2.24, 2.45) is 0 Å². The van der Waals surface area contributed by atoms with Gasteiger partial charge in [0.2, 0.25) is 10.0 Å². The van der Waals surface area contributed by atoms with Crippen LogP contribution >= 0.6 is 11.6 Å². The molecule has 0 aromatic heterocycles. The Morgan fingerprint density at radius 3 is 2.36 bits per heavy atom. The van der Waals surface area contributed by atoms with Crippen molar-refractivity contribution in [2.75, 3.05) is 12.4 Å². The van der Waals surface area contributed by atoms with Crippen LogP contribution in [-0.2, 0) is 16.6 Å². The molecule has 0 fully saturated rings. The molecule has 0 bridgehead atoms. The fourth-order valence-electron chi connectivity index (χ4n) is 3.28. The van der Waals surface area contributed by atoms with Crippen molar-refractivity contribution < 1.29 is 13.2 Å². The number of benzene rings is 3. The molecule has 144 valence electrons. The summed E-state index contributed by atoms with van der Waals surface area (Å²) in [4.78, 5) is 0.272. The molecule has 3 aromatic carbocycles. The third-order valence-electron chi connectivity index (χ3n) is 4.74. The maximum atomic E-state index is 13.4. The van der Waals surface area contributed by atoms with E-state index in [1.165, 1.54) is 4.31 Å². The van der Waals surface area contributed by atoms with E-state index in [4.69, 9.17) is 16.3 Å². The summed E-state index contributed by atoms with van der Waals surface area (Å²) in [7, 11) is -2.10. The van der Waals surface area contributed by atoms with Crippen LogP contribution in [0.1, 0.15) is 17.3 Å². The van der Waals surface area contributed by atoms with Crippen LogP contribution in [0.25, 0.3) is 0 Å². The highest BCUT2D eigenvalue weighted by molar-refractivity contribution is 7.89. The fraction of sp³-hybridized carbons (Fsp3) is 0.143. The monoisotopic (exact) mass is 414 g/mol. The van der Waals surface area contributed by atoms with Gasteiger partial charge in [-0.1, -0.05) is 48.0 Å². The molecule has 1 heterocycles. The van der Waals surface area contributed by atoms with Gasteiger partial charge >= 0.3 is 0 Å². The van der Waals surface area contributed by atoms with E-state index in [2.05, 4.69) is 5.32 Å². The van der Waals surface area contributed by atoms with Crippen molar-refractivity contribution in [1.29, 1.82) is 0 Å². The number of hydrogen-bond donors (Lipinski definition) is 1. The Kier molecular flexibility index (Phi) is 5.02. The lowest BCUT2D eigenvalue weighted by Crippen LogP contribution is -2.42. The predicted molar refractivity (Wildman–Crippen MR) is 110 cm³/mol. The summed E-state index contributed by atoms with van der Waals surface area (Å²) in [6.07, 6.45) is -0.542. The van der Waals surface area contributed by atoms with E-state index >= 15 is 0 Å². The molecule has 1 aliphatic heterocycles. The zero-order chi connectivity index (χ0) is 19.7. The Morgan fingerprint density at radius 1 is 1.00 bits per heavy atom. The molecule has 5 nitrogen and oxygen atoms in total. The molecule has 7 heteroatoms. The van der Waals surface area contributed by atoms with Gasteiger partial charge in [-0.15, -0.1) is 0 Å². The Morgan fingerprint density at radius 2 is 1.68 bits per heavy atom. The third-order valence-corrected chi connectivity index (χ3v) is 6.86. The maximum Gasteiger partial charge on any atom is 0.247 e. The summed E-state index contributed by atoms with van der Waals surface area (Å²) in [5.74, 6) is 0.725. The predicted octanol–water partition coefficient (Wildman–Crippen LogP) is 4.66. The lowest BCUT2D eigenvalue weighted by molar-refractivity contribution is 0.336. The van der Waals surface area contributed by atoms with E-state index in [-0.39, 0.29) is 11.4 Å². The first-order valence-corrected chi connectivity index (χ1v) is 10.6. The van der Waals surface area contributed by atoms with Crippen LogP contribution in [0.3, 0.4) is 0 Å². The largest absolute Gasteiger partial charge is 0.497 e. The van der Waals surface area contributed by atoms with Crippen LogP contribution in [-0.4, -0.2) is 19.8 Å². The molecular weight excluding hydrogens is 396 g/mol. The van der Waals surface area contributed by atoms with Gasteiger partial charge in [0, 0.05) is 11.6 Å². The van der Waals surface area contributed by atoms with Gasteiger partial charge in [-0.3, -0.25) is 0 Å². The van der Waals surface area contributed by atoms with Crippen molar-refractivity contribution in [3.05, 3.63) is 88.9 Å². The average molecular weight is 415 g/mol. The molecule has 3 aromatic rings. The highest BCUT2D eigenvalue weighted by atomic mass is 35.5. The number of hydrogen-bond acceptors (Lipinski definition) is 4. The highest BCUT2D eigenvalue weighted by Crippen LogP contribution is 2.39. The molecule has 0 saturated carbocycles. The number of nitrogens with zero attached hydrogens (tertiary/aromatic N) is 1. The Labute approximate surface area is 169 Å². The number of para-hydroxylation sites is 1. The van der Waals surface area contributed by atoms with E-state index < -0.39 is 16.2 Å². The van der Waals surface area contributed by atoms with E-state index in [0.717, 1.165) is 16.9 Å². The van der Waals surface area contributed by atoms with Crippen LogP contribution in [0.15, 0.2) is 77.7 Å². The second kappa shape index (κ2) is 7.47. The van der Waals surface area contributed by atoms with Crippen molar-refractivity contribution in [3.63, 3.8) is 0 Å². The molecule has 1 N–H and O–H groups in total. The summed E-state index contributed by atoms with van der Waals surface area (Å²) in [6, 6.07) is 21.5. The number of ether oxygens (including phenoxy) is 1. The number of rotatable bonds is 4. The van der Waals surface area contributed by atoms with E-state index in [0.29, 0.717) is 10.7 Å². The second-order valence-electron chi connectivity index (χ2n) is 6.49. The molecule has 0 radical (unpaired) electrons. The highest BCUT2D eigenvalue weighted by Gasteiger charge is 2.38. The van der Waals surface area contributed by atoms with Gasteiger partial charge in [0.25, 0.3) is 0 Å². The number of sulfonamides is 1. The first kappa shape index (κ1) is 18.8. The molecule has 0 aliphatic carbocycles. The number of fused-ring (bicyclic) bond motifs is 1. The normalized spacial score (nSPS) is 18.1. The second-order valence-corrected chi connectivity index (χ2v) is 8.79.